The second-order valence-corrected chi connectivity index (χ2v) is 7.83. The zero-order valence-electron chi connectivity index (χ0n) is 15.5. The minimum atomic E-state index is -0.0599. The summed E-state index contributed by atoms with van der Waals surface area (Å²) in [6, 6.07) is 16.6. The lowest BCUT2D eigenvalue weighted by atomic mass is 10.1. The number of amides is 1. The summed E-state index contributed by atoms with van der Waals surface area (Å²) in [6.07, 6.45) is 1.92. The lowest BCUT2D eigenvalue weighted by Crippen LogP contribution is -2.32. The van der Waals surface area contributed by atoms with E-state index in [-0.39, 0.29) is 12.3 Å². The van der Waals surface area contributed by atoms with Gasteiger partial charge in [0.2, 0.25) is 5.91 Å². The molecule has 0 aliphatic carbocycles. The minimum Gasteiger partial charge on any atom is -0.486 e. The van der Waals surface area contributed by atoms with Gasteiger partial charge in [-0.2, -0.15) is 0 Å². The largest absolute Gasteiger partial charge is 0.486 e. The Balaban J connectivity index is 1.62. The Morgan fingerprint density at radius 1 is 1.07 bits per heavy atom. The van der Waals surface area contributed by atoms with Gasteiger partial charge in [0.25, 0.3) is 0 Å². The number of hydrogen-bond donors (Lipinski definition) is 0. The number of benzene rings is 2. The van der Waals surface area contributed by atoms with Gasteiger partial charge in [-0.1, -0.05) is 33.6 Å². The number of rotatable bonds is 5. The molecule has 0 saturated heterocycles. The molecule has 0 atom stereocenters. The number of nitrogens with zero attached hydrogens (tertiary/aromatic N) is 2. The first-order valence-corrected chi connectivity index (χ1v) is 10.3. The normalized spacial score (nSPS) is 12.5. The maximum absolute atomic E-state index is 13.3. The van der Waals surface area contributed by atoms with E-state index in [1.54, 1.807) is 23.2 Å². The van der Waals surface area contributed by atoms with Crippen molar-refractivity contribution in [2.75, 3.05) is 18.1 Å². The SMILES string of the molecule is O=C(Cc1cc2c(cc1Br)OCCO2)N(Cc1ccccn1)c1ccc(Cl)cc1. The number of carbonyl (C=O) groups excluding carboxylic acids is 1. The number of halogens is 2. The number of carbonyl (C=O) groups is 1. The Hall–Kier alpha value is -2.57. The van der Waals surface area contributed by atoms with Gasteiger partial charge in [0.15, 0.2) is 11.5 Å². The Morgan fingerprint density at radius 3 is 2.48 bits per heavy atom. The lowest BCUT2D eigenvalue weighted by molar-refractivity contribution is -0.118. The standard InChI is InChI=1S/C22H18BrClN2O3/c23-19-13-21-20(28-9-10-29-21)11-15(19)12-22(27)26(14-17-3-1-2-8-25-17)18-6-4-16(24)5-7-18/h1-8,11,13H,9-10,12,14H2. The van der Waals surface area contributed by atoms with E-state index in [9.17, 15) is 4.79 Å². The van der Waals surface area contributed by atoms with E-state index < -0.39 is 0 Å². The van der Waals surface area contributed by atoms with E-state index >= 15 is 0 Å². The highest BCUT2D eigenvalue weighted by atomic mass is 79.9. The Bertz CT molecular complexity index is 1010. The maximum atomic E-state index is 13.3. The van der Waals surface area contributed by atoms with Gasteiger partial charge in [0.1, 0.15) is 13.2 Å². The first-order chi connectivity index (χ1) is 14.1. The molecule has 2 heterocycles. The molecule has 29 heavy (non-hydrogen) atoms. The van der Waals surface area contributed by atoms with Crippen LogP contribution < -0.4 is 14.4 Å². The molecular weight excluding hydrogens is 456 g/mol. The fraction of sp³-hybridized carbons (Fsp3) is 0.182. The van der Waals surface area contributed by atoms with Gasteiger partial charge in [0.05, 0.1) is 18.7 Å². The molecule has 0 fully saturated rings. The summed E-state index contributed by atoms with van der Waals surface area (Å²) in [7, 11) is 0. The van der Waals surface area contributed by atoms with Gasteiger partial charge in [-0.05, 0) is 54.1 Å². The van der Waals surface area contributed by atoms with E-state index in [2.05, 4.69) is 20.9 Å². The van der Waals surface area contributed by atoms with Crippen molar-refractivity contribution in [1.82, 2.24) is 4.98 Å². The third-order valence-corrected chi connectivity index (χ3v) is 5.53. The molecule has 1 aromatic heterocycles. The van der Waals surface area contributed by atoms with E-state index in [0.717, 1.165) is 21.4 Å². The summed E-state index contributed by atoms with van der Waals surface area (Å²) >= 11 is 9.58. The predicted molar refractivity (Wildman–Crippen MR) is 116 cm³/mol. The molecule has 1 aliphatic rings. The molecule has 0 bridgehead atoms. The second-order valence-electron chi connectivity index (χ2n) is 6.54. The molecule has 3 aromatic rings. The van der Waals surface area contributed by atoms with Crippen LogP contribution in [0.4, 0.5) is 5.69 Å². The van der Waals surface area contributed by atoms with E-state index in [0.29, 0.717) is 36.3 Å². The molecule has 148 valence electrons. The first-order valence-electron chi connectivity index (χ1n) is 9.14. The number of anilines is 1. The first kappa shape index (κ1) is 19.7. The van der Waals surface area contributed by atoms with E-state index in [4.69, 9.17) is 21.1 Å². The molecule has 1 amide bonds. The monoisotopic (exact) mass is 472 g/mol. The van der Waals surface area contributed by atoms with Crippen molar-refractivity contribution < 1.29 is 14.3 Å². The number of aromatic nitrogens is 1. The average Bonchev–Trinajstić information content (AvgIpc) is 2.74. The van der Waals surface area contributed by atoms with Crippen molar-refractivity contribution in [3.05, 3.63) is 81.5 Å². The number of ether oxygens (including phenoxy) is 2. The summed E-state index contributed by atoms with van der Waals surface area (Å²) < 4.78 is 12.1. The number of pyridine rings is 1. The van der Waals surface area contributed by atoms with Crippen LogP contribution in [0.1, 0.15) is 11.3 Å². The summed E-state index contributed by atoms with van der Waals surface area (Å²) in [5.41, 5.74) is 2.40. The average molecular weight is 474 g/mol. The molecule has 0 unspecified atom stereocenters. The van der Waals surface area contributed by atoms with Crippen molar-refractivity contribution in [3.63, 3.8) is 0 Å². The fourth-order valence-corrected chi connectivity index (χ4v) is 3.69. The smallest absolute Gasteiger partial charge is 0.231 e. The van der Waals surface area contributed by atoms with Gasteiger partial charge in [0, 0.05) is 21.4 Å². The van der Waals surface area contributed by atoms with Crippen molar-refractivity contribution in [1.29, 1.82) is 0 Å². The van der Waals surface area contributed by atoms with Gasteiger partial charge < -0.3 is 14.4 Å². The molecule has 0 saturated carbocycles. The summed E-state index contributed by atoms with van der Waals surface area (Å²) in [6.45, 7) is 1.38. The van der Waals surface area contributed by atoms with Crippen molar-refractivity contribution >= 4 is 39.1 Å². The zero-order chi connectivity index (χ0) is 20.2. The fourth-order valence-electron chi connectivity index (χ4n) is 3.10. The van der Waals surface area contributed by atoms with Crippen molar-refractivity contribution in [3.8, 4) is 11.5 Å². The van der Waals surface area contributed by atoms with Crippen LogP contribution in [0.3, 0.4) is 0 Å². The van der Waals surface area contributed by atoms with Gasteiger partial charge in [-0.15, -0.1) is 0 Å². The molecule has 0 radical (unpaired) electrons. The third-order valence-electron chi connectivity index (χ3n) is 4.54. The minimum absolute atomic E-state index is 0.0599. The van der Waals surface area contributed by atoms with Crippen LogP contribution in [0.15, 0.2) is 65.3 Å². The van der Waals surface area contributed by atoms with Crippen LogP contribution in [0.5, 0.6) is 11.5 Å². The third kappa shape index (κ3) is 4.71. The maximum Gasteiger partial charge on any atom is 0.231 e. The number of hydrogen-bond acceptors (Lipinski definition) is 4. The van der Waals surface area contributed by atoms with Gasteiger partial charge >= 0.3 is 0 Å². The highest BCUT2D eigenvalue weighted by molar-refractivity contribution is 9.10. The number of fused-ring (bicyclic) bond motifs is 1. The highest BCUT2D eigenvalue weighted by Crippen LogP contribution is 2.36. The molecule has 1 aliphatic heterocycles. The summed E-state index contributed by atoms with van der Waals surface area (Å²) in [5, 5.41) is 0.619. The zero-order valence-corrected chi connectivity index (χ0v) is 17.8. The van der Waals surface area contributed by atoms with Crippen LogP contribution in [0.25, 0.3) is 0 Å². The quantitative estimate of drug-likeness (QED) is 0.521. The lowest BCUT2D eigenvalue weighted by Gasteiger charge is -2.24. The van der Waals surface area contributed by atoms with Crippen molar-refractivity contribution in [2.24, 2.45) is 0 Å². The summed E-state index contributed by atoms with van der Waals surface area (Å²) in [4.78, 5) is 19.4. The molecular formula is C22H18BrClN2O3. The van der Waals surface area contributed by atoms with Crippen LogP contribution in [0, 0.1) is 0 Å². The predicted octanol–water partition coefficient (Wildman–Crippen LogP) is 5.04. The molecule has 5 nitrogen and oxygen atoms in total. The Morgan fingerprint density at radius 2 is 1.79 bits per heavy atom. The van der Waals surface area contributed by atoms with E-state index in [1.165, 1.54) is 0 Å². The summed E-state index contributed by atoms with van der Waals surface area (Å²) in [5.74, 6) is 1.28. The molecule has 7 heteroatoms. The van der Waals surface area contributed by atoms with Crippen LogP contribution in [-0.4, -0.2) is 24.1 Å². The van der Waals surface area contributed by atoms with E-state index in [1.807, 2.05) is 42.5 Å². The molecule has 2 aromatic carbocycles. The van der Waals surface area contributed by atoms with Crippen LogP contribution in [-0.2, 0) is 17.8 Å². The Labute approximate surface area is 182 Å². The van der Waals surface area contributed by atoms with Gasteiger partial charge in [-0.3, -0.25) is 9.78 Å². The topological polar surface area (TPSA) is 51.7 Å². The molecule has 4 rings (SSSR count). The van der Waals surface area contributed by atoms with Gasteiger partial charge in [-0.25, -0.2) is 0 Å². The molecule has 0 N–H and O–H groups in total. The van der Waals surface area contributed by atoms with Crippen LogP contribution in [0.2, 0.25) is 5.02 Å². The Kier molecular flexibility index (Phi) is 6.02. The highest BCUT2D eigenvalue weighted by Gasteiger charge is 2.21. The van der Waals surface area contributed by atoms with Crippen molar-refractivity contribution in [2.45, 2.75) is 13.0 Å². The second kappa shape index (κ2) is 8.84. The van der Waals surface area contributed by atoms with Crippen LogP contribution >= 0.6 is 27.5 Å². The molecule has 0 spiro atoms.